The van der Waals surface area contributed by atoms with Crippen LogP contribution in [0.5, 0.6) is 0 Å². The molecule has 0 aromatic heterocycles. The van der Waals surface area contributed by atoms with Crippen LogP contribution in [-0.4, -0.2) is 37.0 Å². The Morgan fingerprint density at radius 2 is 2.12 bits per heavy atom. The summed E-state index contributed by atoms with van der Waals surface area (Å²) >= 11 is 11.9. The summed E-state index contributed by atoms with van der Waals surface area (Å²) in [5, 5.41) is 3.86. The number of carbonyl (C=O) groups excluding carboxylic acids is 1. The predicted molar refractivity (Wildman–Crippen MR) is 65.2 cm³/mol. The van der Waals surface area contributed by atoms with Crippen LogP contribution in [0.3, 0.4) is 0 Å². The predicted octanol–water partition coefficient (Wildman–Crippen LogP) is 2.04. The third kappa shape index (κ3) is 2.03. The number of hydrogen-bond acceptors (Lipinski definition) is 2. The molecule has 3 nitrogen and oxygen atoms in total. The zero-order chi connectivity index (χ0) is 11.7. The molecule has 1 aliphatic rings. The van der Waals surface area contributed by atoms with Crippen LogP contribution in [0.4, 0.5) is 0 Å². The Bertz CT molecular complexity index is 418. The molecule has 1 amide bonds. The first-order chi connectivity index (χ1) is 7.61. The first-order valence-electron chi connectivity index (χ1n) is 5.03. The van der Waals surface area contributed by atoms with Crippen molar-refractivity contribution in [2.75, 3.05) is 20.1 Å². The number of benzene rings is 1. The van der Waals surface area contributed by atoms with Crippen molar-refractivity contribution in [2.45, 2.75) is 6.04 Å². The van der Waals surface area contributed by atoms with Crippen LogP contribution in [0.15, 0.2) is 18.2 Å². The summed E-state index contributed by atoms with van der Waals surface area (Å²) in [6.45, 7) is 1.67. The molecule has 5 heteroatoms. The Hall–Kier alpha value is -0.770. The van der Waals surface area contributed by atoms with E-state index in [0.717, 1.165) is 13.1 Å². The fourth-order valence-corrected chi connectivity index (χ4v) is 1.95. The quantitative estimate of drug-likeness (QED) is 0.881. The molecule has 1 saturated heterocycles. The highest BCUT2D eigenvalue weighted by Crippen LogP contribution is 2.26. The van der Waals surface area contributed by atoms with Crippen LogP contribution < -0.4 is 5.32 Å². The van der Waals surface area contributed by atoms with Crippen molar-refractivity contribution in [1.29, 1.82) is 0 Å². The van der Waals surface area contributed by atoms with Gasteiger partial charge in [0, 0.05) is 20.1 Å². The molecule has 0 spiro atoms. The van der Waals surface area contributed by atoms with Gasteiger partial charge in [0.1, 0.15) is 0 Å². The molecule has 0 radical (unpaired) electrons. The lowest BCUT2D eigenvalue weighted by Crippen LogP contribution is -2.57. The second-order valence-corrected chi connectivity index (χ2v) is 4.61. The number of nitrogens with zero attached hydrogens (tertiary/aromatic N) is 1. The van der Waals surface area contributed by atoms with Crippen molar-refractivity contribution >= 4 is 29.1 Å². The van der Waals surface area contributed by atoms with Crippen LogP contribution in [0.25, 0.3) is 0 Å². The third-order valence-corrected chi connectivity index (χ3v) is 3.63. The molecular weight excluding hydrogens is 247 g/mol. The van der Waals surface area contributed by atoms with E-state index in [1.807, 2.05) is 0 Å². The lowest BCUT2D eigenvalue weighted by Gasteiger charge is -2.35. The van der Waals surface area contributed by atoms with E-state index in [0.29, 0.717) is 15.6 Å². The second kappa shape index (κ2) is 4.62. The van der Waals surface area contributed by atoms with Gasteiger partial charge in [0.15, 0.2) is 0 Å². The molecule has 0 aliphatic carbocycles. The minimum atomic E-state index is -0.0843. The Kier molecular flexibility index (Phi) is 3.38. The van der Waals surface area contributed by atoms with E-state index in [1.165, 1.54) is 0 Å². The van der Waals surface area contributed by atoms with Crippen LogP contribution in [0.1, 0.15) is 10.4 Å². The highest BCUT2D eigenvalue weighted by molar-refractivity contribution is 6.43. The van der Waals surface area contributed by atoms with Gasteiger partial charge in [-0.05, 0) is 12.1 Å². The summed E-state index contributed by atoms with van der Waals surface area (Å²) in [7, 11) is 1.78. The van der Waals surface area contributed by atoms with E-state index >= 15 is 0 Å². The molecular formula is C11H12Cl2N2O. The van der Waals surface area contributed by atoms with Crippen molar-refractivity contribution in [3.05, 3.63) is 33.8 Å². The topological polar surface area (TPSA) is 32.3 Å². The van der Waals surface area contributed by atoms with E-state index < -0.39 is 0 Å². The summed E-state index contributed by atoms with van der Waals surface area (Å²) < 4.78 is 0. The van der Waals surface area contributed by atoms with Crippen molar-refractivity contribution in [3.8, 4) is 0 Å². The summed E-state index contributed by atoms with van der Waals surface area (Å²) in [4.78, 5) is 13.8. The highest BCUT2D eigenvalue weighted by Gasteiger charge is 2.27. The van der Waals surface area contributed by atoms with E-state index in [-0.39, 0.29) is 11.9 Å². The van der Waals surface area contributed by atoms with Gasteiger partial charge in [-0.15, -0.1) is 0 Å². The SMILES string of the molecule is CN(C(=O)c1cccc(Cl)c1Cl)C1CNC1. The maximum atomic E-state index is 12.1. The van der Waals surface area contributed by atoms with Crippen molar-refractivity contribution in [1.82, 2.24) is 10.2 Å². The number of amides is 1. The smallest absolute Gasteiger partial charge is 0.255 e. The molecule has 1 N–H and O–H groups in total. The molecule has 0 saturated carbocycles. The number of halogens is 2. The highest BCUT2D eigenvalue weighted by atomic mass is 35.5. The molecule has 0 bridgehead atoms. The zero-order valence-corrected chi connectivity index (χ0v) is 10.3. The van der Waals surface area contributed by atoms with Crippen molar-refractivity contribution < 1.29 is 4.79 Å². The van der Waals surface area contributed by atoms with Gasteiger partial charge in [0.2, 0.25) is 0 Å². The van der Waals surface area contributed by atoms with Crippen molar-refractivity contribution in [3.63, 3.8) is 0 Å². The maximum absolute atomic E-state index is 12.1. The summed E-state index contributed by atoms with van der Waals surface area (Å²) in [6.07, 6.45) is 0. The van der Waals surface area contributed by atoms with Crippen LogP contribution >= 0.6 is 23.2 Å². The molecule has 1 fully saturated rings. The number of carbonyl (C=O) groups is 1. The Labute approximate surface area is 104 Å². The molecule has 0 unspecified atom stereocenters. The minimum Gasteiger partial charge on any atom is -0.336 e. The number of likely N-dealkylation sites (N-methyl/N-ethyl adjacent to an activating group) is 1. The lowest BCUT2D eigenvalue weighted by molar-refractivity contribution is 0.0681. The van der Waals surface area contributed by atoms with Gasteiger partial charge < -0.3 is 10.2 Å². The molecule has 0 atom stereocenters. The monoisotopic (exact) mass is 258 g/mol. The first-order valence-corrected chi connectivity index (χ1v) is 5.78. The maximum Gasteiger partial charge on any atom is 0.255 e. The number of rotatable bonds is 2. The van der Waals surface area contributed by atoms with Gasteiger partial charge in [0.25, 0.3) is 5.91 Å². The summed E-state index contributed by atoms with van der Waals surface area (Å²) in [6, 6.07) is 5.35. The Morgan fingerprint density at radius 3 is 2.69 bits per heavy atom. The van der Waals surface area contributed by atoms with Gasteiger partial charge in [-0.25, -0.2) is 0 Å². The van der Waals surface area contributed by atoms with E-state index in [9.17, 15) is 4.79 Å². The van der Waals surface area contributed by atoms with Gasteiger partial charge in [-0.2, -0.15) is 0 Å². The molecule has 1 aliphatic heterocycles. The number of hydrogen-bond donors (Lipinski definition) is 1. The second-order valence-electron chi connectivity index (χ2n) is 3.83. The first kappa shape index (κ1) is 11.7. The largest absolute Gasteiger partial charge is 0.336 e. The van der Waals surface area contributed by atoms with E-state index in [4.69, 9.17) is 23.2 Å². The average molecular weight is 259 g/mol. The van der Waals surface area contributed by atoms with E-state index in [2.05, 4.69) is 5.32 Å². The normalized spacial score (nSPS) is 15.7. The Balaban J connectivity index is 2.22. The molecule has 1 aromatic rings. The molecule has 86 valence electrons. The molecule has 1 heterocycles. The standard InChI is InChI=1S/C11H12Cl2N2O/c1-15(7-5-14-6-7)11(16)8-3-2-4-9(12)10(8)13/h2-4,7,14H,5-6H2,1H3. The van der Waals surface area contributed by atoms with Crippen LogP contribution in [-0.2, 0) is 0 Å². The van der Waals surface area contributed by atoms with Crippen LogP contribution in [0.2, 0.25) is 10.0 Å². The zero-order valence-electron chi connectivity index (χ0n) is 8.84. The fourth-order valence-electron chi connectivity index (χ4n) is 1.57. The average Bonchev–Trinajstić information content (AvgIpc) is 2.18. The van der Waals surface area contributed by atoms with Gasteiger partial charge in [-0.1, -0.05) is 29.3 Å². The van der Waals surface area contributed by atoms with Crippen LogP contribution in [0, 0.1) is 0 Å². The van der Waals surface area contributed by atoms with Gasteiger partial charge >= 0.3 is 0 Å². The summed E-state index contributed by atoms with van der Waals surface area (Å²) in [5.74, 6) is -0.0843. The van der Waals surface area contributed by atoms with Gasteiger partial charge in [-0.3, -0.25) is 4.79 Å². The van der Waals surface area contributed by atoms with E-state index in [1.54, 1.807) is 30.1 Å². The minimum absolute atomic E-state index is 0.0843. The lowest BCUT2D eigenvalue weighted by atomic mass is 10.1. The Morgan fingerprint density at radius 1 is 1.44 bits per heavy atom. The van der Waals surface area contributed by atoms with Crippen molar-refractivity contribution in [2.24, 2.45) is 0 Å². The molecule has 2 rings (SSSR count). The number of nitrogens with one attached hydrogen (secondary N) is 1. The summed E-state index contributed by atoms with van der Waals surface area (Å²) in [5.41, 5.74) is 0.462. The fraction of sp³-hybridized carbons (Fsp3) is 0.364. The third-order valence-electron chi connectivity index (χ3n) is 2.81. The molecule has 1 aromatic carbocycles. The van der Waals surface area contributed by atoms with Gasteiger partial charge in [0.05, 0.1) is 21.7 Å². The molecule has 16 heavy (non-hydrogen) atoms.